The first-order chi connectivity index (χ1) is 12.2. The van der Waals surface area contributed by atoms with Gasteiger partial charge in [-0.1, -0.05) is 30.3 Å². The van der Waals surface area contributed by atoms with Crippen molar-refractivity contribution in [3.63, 3.8) is 0 Å². The van der Waals surface area contributed by atoms with Gasteiger partial charge in [0.15, 0.2) is 5.01 Å². The zero-order chi connectivity index (χ0) is 17.6. The lowest BCUT2D eigenvalue weighted by molar-refractivity contribution is -0.135. The van der Waals surface area contributed by atoms with Gasteiger partial charge in [0, 0.05) is 44.5 Å². The fourth-order valence-corrected chi connectivity index (χ4v) is 3.79. The summed E-state index contributed by atoms with van der Waals surface area (Å²) in [5.74, 6) is -0.146. The normalized spacial score (nSPS) is 13.9. The third-order valence-electron chi connectivity index (χ3n) is 4.12. The Kier molecular flexibility index (Phi) is 5.78. The zero-order valence-electron chi connectivity index (χ0n) is 14.2. The van der Waals surface area contributed by atoms with Crippen LogP contribution in [0.25, 0.3) is 0 Å². The Labute approximate surface area is 150 Å². The number of carbonyl (C=O) groups excluding carboxylic acids is 2. The Morgan fingerprint density at radius 1 is 1.24 bits per heavy atom. The highest BCUT2D eigenvalue weighted by atomic mass is 32.1. The van der Waals surface area contributed by atoms with Gasteiger partial charge in [-0.25, -0.2) is 4.98 Å². The van der Waals surface area contributed by atoms with Gasteiger partial charge in [-0.2, -0.15) is 0 Å². The Morgan fingerprint density at radius 3 is 2.76 bits per heavy atom. The molecule has 0 atom stereocenters. The highest BCUT2D eigenvalue weighted by Gasteiger charge is 2.23. The lowest BCUT2D eigenvalue weighted by Gasteiger charge is -2.19. The second-order valence-electron chi connectivity index (χ2n) is 5.87. The monoisotopic (exact) mass is 359 g/mol. The van der Waals surface area contributed by atoms with Gasteiger partial charge in [0.25, 0.3) is 5.91 Å². The van der Waals surface area contributed by atoms with E-state index in [0.29, 0.717) is 31.1 Å². The van der Waals surface area contributed by atoms with E-state index in [9.17, 15) is 9.59 Å². The molecule has 0 fully saturated rings. The van der Waals surface area contributed by atoms with Gasteiger partial charge in [-0.15, -0.1) is 11.3 Å². The molecule has 132 valence electrons. The Balaban J connectivity index is 1.59. The fourth-order valence-electron chi connectivity index (χ4n) is 2.78. The second-order valence-corrected chi connectivity index (χ2v) is 6.95. The first kappa shape index (κ1) is 17.6. The summed E-state index contributed by atoms with van der Waals surface area (Å²) in [6.07, 6.45) is 1.40. The topological polar surface area (TPSA) is 71.5 Å². The van der Waals surface area contributed by atoms with Crippen molar-refractivity contribution in [2.24, 2.45) is 0 Å². The van der Waals surface area contributed by atoms with Crippen molar-refractivity contribution in [2.75, 3.05) is 26.8 Å². The smallest absolute Gasteiger partial charge is 0.280 e. The summed E-state index contributed by atoms with van der Waals surface area (Å²) in [5, 5.41) is 3.41. The van der Waals surface area contributed by atoms with Crippen LogP contribution in [-0.2, 0) is 28.9 Å². The summed E-state index contributed by atoms with van der Waals surface area (Å²) >= 11 is 1.43. The van der Waals surface area contributed by atoms with E-state index < -0.39 is 0 Å². The van der Waals surface area contributed by atoms with E-state index in [1.165, 1.54) is 18.4 Å². The van der Waals surface area contributed by atoms with Gasteiger partial charge < -0.3 is 15.0 Å². The number of nitrogens with zero attached hydrogens (tertiary/aromatic N) is 2. The van der Waals surface area contributed by atoms with E-state index in [-0.39, 0.29) is 18.4 Å². The number of fused-ring (bicyclic) bond motifs is 1. The number of rotatable bonds is 5. The molecule has 0 unspecified atom stereocenters. The van der Waals surface area contributed by atoms with Crippen molar-refractivity contribution in [1.82, 2.24) is 15.2 Å². The van der Waals surface area contributed by atoms with Gasteiger partial charge in [0.1, 0.15) is 6.61 Å². The van der Waals surface area contributed by atoms with Crippen LogP contribution < -0.4 is 5.32 Å². The van der Waals surface area contributed by atoms with Crippen molar-refractivity contribution in [3.05, 3.63) is 51.5 Å². The summed E-state index contributed by atoms with van der Waals surface area (Å²) < 4.78 is 4.91. The van der Waals surface area contributed by atoms with Crippen molar-refractivity contribution >= 4 is 23.2 Å². The number of benzene rings is 1. The van der Waals surface area contributed by atoms with Crippen LogP contribution in [0, 0.1) is 0 Å². The summed E-state index contributed by atoms with van der Waals surface area (Å²) in [6, 6.07) is 9.79. The molecule has 0 spiro atoms. The second kappa shape index (κ2) is 8.22. The molecule has 2 heterocycles. The zero-order valence-corrected chi connectivity index (χ0v) is 15.0. The lowest BCUT2D eigenvalue weighted by atomic mass is 10.2. The van der Waals surface area contributed by atoms with Crippen LogP contribution >= 0.6 is 11.3 Å². The quantitative estimate of drug-likeness (QED) is 0.881. The van der Waals surface area contributed by atoms with Crippen molar-refractivity contribution in [3.8, 4) is 0 Å². The summed E-state index contributed by atoms with van der Waals surface area (Å²) in [4.78, 5) is 31.7. The standard InChI is InChI=1S/C18H21N3O3S/c1-24-12-16(22)21-9-7-14-15(8-10-21)25-18(20-14)17(23)19-11-13-5-3-2-4-6-13/h2-6H,7-12H2,1H3,(H,19,23). The maximum absolute atomic E-state index is 12.3. The molecule has 0 saturated heterocycles. The van der Waals surface area contributed by atoms with Crippen LogP contribution in [0.1, 0.15) is 25.9 Å². The molecule has 6 nitrogen and oxygen atoms in total. The number of ether oxygens (including phenoxy) is 1. The maximum atomic E-state index is 12.3. The molecule has 0 bridgehead atoms. The van der Waals surface area contributed by atoms with Gasteiger partial charge in [-0.05, 0) is 5.56 Å². The molecule has 1 N–H and O–H groups in total. The molecule has 0 aliphatic carbocycles. The van der Waals surface area contributed by atoms with Gasteiger partial charge >= 0.3 is 0 Å². The Bertz CT molecular complexity index is 720. The van der Waals surface area contributed by atoms with Crippen LogP contribution in [0.5, 0.6) is 0 Å². The minimum Gasteiger partial charge on any atom is -0.375 e. The number of aromatic nitrogens is 1. The van der Waals surface area contributed by atoms with Crippen LogP contribution in [0.15, 0.2) is 30.3 Å². The molecular weight excluding hydrogens is 338 g/mol. The third kappa shape index (κ3) is 4.43. The van der Waals surface area contributed by atoms with Crippen LogP contribution in [0.2, 0.25) is 0 Å². The molecule has 1 aliphatic heterocycles. The number of amides is 2. The molecule has 7 heteroatoms. The Morgan fingerprint density at radius 2 is 2.00 bits per heavy atom. The van der Waals surface area contributed by atoms with Crippen molar-refractivity contribution in [2.45, 2.75) is 19.4 Å². The minimum atomic E-state index is -0.144. The largest absolute Gasteiger partial charge is 0.375 e. The molecule has 0 radical (unpaired) electrons. The van der Waals surface area contributed by atoms with E-state index in [4.69, 9.17) is 4.74 Å². The van der Waals surface area contributed by atoms with Crippen molar-refractivity contribution in [1.29, 1.82) is 0 Å². The van der Waals surface area contributed by atoms with E-state index in [0.717, 1.165) is 22.6 Å². The van der Waals surface area contributed by atoms with E-state index in [1.807, 2.05) is 30.3 Å². The SMILES string of the molecule is COCC(=O)N1CCc2nc(C(=O)NCc3ccccc3)sc2CC1. The van der Waals surface area contributed by atoms with Gasteiger partial charge in [0.2, 0.25) is 5.91 Å². The highest BCUT2D eigenvalue weighted by Crippen LogP contribution is 2.23. The number of nitrogens with one attached hydrogen (secondary N) is 1. The van der Waals surface area contributed by atoms with E-state index >= 15 is 0 Å². The molecular formula is C18H21N3O3S. The fraction of sp³-hybridized carbons (Fsp3) is 0.389. The Hall–Kier alpha value is -2.25. The number of hydrogen-bond acceptors (Lipinski definition) is 5. The lowest BCUT2D eigenvalue weighted by Crippen LogP contribution is -2.35. The number of methoxy groups -OCH3 is 1. The molecule has 2 amide bonds. The van der Waals surface area contributed by atoms with Crippen LogP contribution in [0.4, 0.5) is 0 Å². The summed E-state index contributed by atoms with van der Waals surface area (Å²) in [5.41, 5.74) is 1.99. The highest BCUT2D eigenvalue weighted by molar-refractivity contribution is 7.13. The summed E-state index contributed by atoms with van der Waals surface area (Å²) in [7, 11) is 1.52. The molecule has 1 aliphatic rings. The number of thiazole rings is 1. The molecule has 3 rings (SSSR count). The average Bonchev–Trinajstić information content (AvgIpc) is 2.94. The number of carbonyl (C=O) groups is 2. The van der Waals surface area contributed by atoms with Crippen molar-refractivity contribution < 1.29 is 14.3 Å². The number of hydrogen-bond donors (Lipinski definition) is 1. The minimum absolute atomic E-state index is 0.00141. The third-order valence-corrected chi connectivity index (χ3v) is 5.27. The maximum Gasteiger partial charge on any atom is 0.280 e. The predicted octanol–water partition coefficient (Wildman–Crippen LogP) is 1.65. The molecule has 1 aromatic heterocycles. The van der Waals surface area contributed by atoms with Gasteiger partial charge in [0.05, 0.1) is 5.69 Å². The summed E-state index contributed by atoms with van der Waals surface area (Å²) in [6.45, 7) is 1.85. The van der Waals surface area contributed by atoms with Gasteiger partial charge in [-0.3, -0.25) is 9.59 Å². The van der Waals surface area contributed by atoms with E-state index in [1.54, 1.807) is 4.90 Å². The first-order valence-electron chi connectivity index (χ1n) is 8.25. The molecule has 2 aromatic rings. The molecule has 0 saturated carbocycles. The average molecular weight is 359 g/mol. The molecule has 25 heavy (non-hydrogen) atoms. The predicted molar refractivity (Wildman–Crippen MR) is 95.6 cm³/mol. The first-order valence-corrected chi connectivity index (χ1v) is 9.06. The molecule has 1 aromatic carbocycles. The van der Waals surface area contributed by atoms with E-state index in [2.05, 4.69) is 10.3 Å². The van der Waals surface area contributed by atoms with Crippen LogP contribution in [0.3, 0.4) is 0 Å². The van der Waals surface area contributed by atoms with Crippen LogP contribution in [-0.4, -0.2) is 48.5 Å².